The number of nitrogens with one attached hydrogen (secondary N) is 1. The minimum atomic E-state index is -0.219. The molecule has 0 atom stereocenters. The molecule has 4 nitrogen and oxygen atoms in total. The Kier molecular flexibility index (Phi) is 7.98. The Morgan fingerprint density at radius 1 is 1.14 bits per heavy atom. The van der Waals surface area contributed by atoms with E-state index in [2.05, 4.69) is 47.2 Å². The zero-order chi connectivity index (χ0) is 20.6. The lowest BCUT2D eigenvalue weighted by molar-refractivity contribution is 0.0368. The van der Waals surface area contributed by atoms with Gasteiger partial charge in [-0.05, 0) is 61.8 Å². The summed E-state index contributed by atoms with van der Waals surface area (Å²) in [5.74, 6) is -0.219. The van der Waals surface area contributed by atoms with Gasteiger partial charge in [0.05, 0.1) is 13.2 Å². The normalized spacial score (nSPS) is 14.6. The van der Waals surface area contributed by atoms with Crippen LogP contribution in [0.2, 0.25) is 0 Å². The second kappa shape index (κ2) is 10.7. The van der Waals surface area contributed by atoms with Crippen LogP contribution in [0.3, 0.4) is 0 Å². The number of hydrogen-bond donors (Lipinski definition) is 1. The highest BCUT2D eigenvalue weighted by Crippen LogP contribution is 2.18. The van der Waals surface area contributed by atoms with Crippen LogP contribution in [-0.2, 0) is 11.3 Å². The van der Waals surface area contributed by atoms with Crippen molar-refractivity contribution >= 4 is 23.0 Å². The van der Waals surface area contributed by atoms with Gasteiger partial charge in [0, 0.05) is 38.4 Å². The highest BCUT2D eigenvalue weighted by atomic mass is 32.1. The Hall–Kier alpha value is -2.02. The van der Waals surface area contributed by atoms with Gasteiger partial charge in [-0.15, -0.1) is 0 Å². The lowest BCUT2D eigenvalue weighted by Crippen LogP contribution is -2.40. The predicted molar refractivity (Wildman–Crippen MR) is 121 cm³/mol. The molecular weight excluding hydrogens is 385 g/mol. The van der Waals surface area contributed by atoms with Crippen LogP contribution in [0.4, 0.5) is 10.1 Å². The highest BCUT2D eigenvalue weighted by Gasteiger charge is 2.14. The van der Waals surface area contributed by atoms with E-state index in [1.54, 1.807) is 0 Å². The molecule has 2 aromatic carbocycles. The summed E-state index contributed by atoms with van der Waals surface area (Å²) in [6.45, 7) is 10.3. The van der Waals surface area contributed by atoms with Gasteiger partial charge in [0.25, 0.3) is 0 Å². The van der Waals surface area contributed by atoms with Gasteiger partial charge in [-0.3, -0.25) is 4.90 Å². The van der Waals surface area contributed by atoms with E-state index in [9.17, 15) is 4.39 Å². The van der Waals surface area contributed by atoms with Crippen LogP contribution >= 0.6 is 12.2 Å². The van der Waals surface area contributed by atoms with Crippen LogP contribution in [0.1, 0.15) is 23.1 Å². The highest BCUT2D eigenvalue weighted by molar-refractivity contribution is 7.80. The topological polar surface area (TPSA) is 27.7 Å². The molecule has 1 aliphatic heterocycles. The van der Waals surface area contributed by atoms with Gasteiger partial charge in [-0.25, -0.2) is 4.39 Å². The van der Waals surface area contributed by atoms with Gasteiger partial charge < -0.3 is 15.0 Å². The third-order valence-corrected chi connectivity index (χ3v) is 5.56. The van der Waals surface area contributed by atoms with Gasteiger partial charge in [0.2, 0.25) is 0 Å². The Bertz CT molecular complexity index is 806. The van der Waals surface area contributed by atoms with E-state index < -0.39 is 0 Å². The third-order valence-electron chi connectivity index (χ3n) is 5.20. The third kappa shape index (κ3) is 6.77. The van der Waals surface area contributed by atoms with Crippen molar-refractivity contribution in [2.45, 2.75) is 26.8 Å². The number of ether oxygens (including phenoxy) is 1. The van der Waals surface area contributed by atoms with E-state index >= 15 is 0 Å². The van der Waals surface area contributed by atoms with Crippen LogP contribution in [0.15, 0.2) is 42.5 Å². The van der Waals surface area contributed by atoms with Gasteiger partial charge in [0.15, 0.2) is 5.11 Å². The number of morpholine rings is 1. The fourth-order valence-corrected chi connectivity index (χ4v) is 3.79. The average molecular weight is 416 g/mol. The Morgan fingerprint density at radius 3 is 2.55 bits per heavy atom. The number of halogens is 1. The molecule has 0 amide bonds. The lowest BCUT2D eigenvalue weighted by Gasteiger charge is -2.30. The van der Waals surface area contributed by atoms with Gasteiger partial charge >= 0.3 is 0 Å². The van der Waals surface area contributed by atoms with E-state index in [4.69, 9.17) is 17.0 Å². The van der Waals surface area contributed by atoms with Crippen LogP contribution in [-0.4, -0.2) is 54.3 Å². The van der Waals surface area contributed by atoms with Crippen molar-refractivity contribution in [2.24, 2.45) is 0 Å². The van der Waals surface area contributed by atoms with Crippen LogP contribution in [0.5, 0.6) is 0 Å². The Balaban J connectivity index is 1.64. The van der Waals surface area contributed by atoms with E-state index in [0.717, 1.165) is 57.1 Å². The minimum absolute atomic E-state index is 0.219. The SMILES string of the molecule is Cc1ccc(NC(=S)N(CCCN2CCOCC2)Cc2ccc(F)cc2)c(C)c1. The van der Waals surface area contributed by atoms with Crippen LogP contribution < -0.4 is 5.32 Å². The van der Waals surface area contributed by atoms with Crippen molar-refractivity contribution in [3.05, 3.63) is 65.0 Å². The summed E-state index contributed by atoms with van der Waals surface area (Å²) in [5, 5.41) is 4.10. The molecule has 156 valence electrons. The van der Waals surface area contributed by atoms with Gasteiger partial charge in [-0.2, -0.15) is 0 Å². The average Bonchev–Trinajstić information content (AvgIpc) is 2.71. The first-order valence-electron chi connectivity index (χ1n) is 10.2. The molecule has 0 radical (unpaired) electrons. The smallest absolute Gasteiger partial charge is 0.173 e. The second-order valence-electron chi connectivity index (χ2n) is 7.60. The maximum absolute atomic E-state index is 13.3. The van der Waals surface area contributed by atoms with E-state index in [-0.39, 0.29) is 5.82 Å². The summed E-state index contributed by atoms with van der Waals surface area (Å²) in [5.41, 5.74) is 4.47. The molecule has 3 rings (SSSR count). The molecule has 0 aliphatic carbocycles. The molecule has 0 aromatic heterocycles. The number of rotatable bonds is 7. The Labute approximate surface area is 178 Å². The summed E-state index contributed by atoms with van der Waals surface area (Å²) in [6.07, 6.45) is 1.01. The first-order valence-corrected chi connectivity index (χ1v) is 10.6. The lowest BCUT2D eigenvalue weighted by atomic mass is 10.1. The summed E-state index contributed by atoms with van der Waals surface area (Å²) in [6, 6.07) is 13.0. The van der Waals surface area contributed by atoms with Crippen LogP contribution in [0, 0.1) is 19.7 Å². The number of benzene rings is 2. The number of nitrogens with zero attached hydrogens (tertiary/aromatic N) is 2. The molecule has 0 unspecified atom stereocenters. The first kappa shape index (κ1) is 21.7. The molecular formula is C23H30FN3OS. The summed E-state index contributed by atoms with van der Waals surface area (Å²) in [7, 11) is 0. The molecule has 2 aromatic rings. The molecule has 1 fully saturated rings. The first-order chi connectivity index (χ1) is 14.0. The number of thiocarbonyl (C=S) groups is 1. The van der Waals surface area contributed by atoms with Crippen molar-refractivity contribution < 1.29 is 9.13 Å². The fourth-order valence-electron chi connectivity index (χ4n) is 3.52. The van der Waals surface area contributed by atoms with Gasteiger partial charge in [0.1, 0.15) is 5.82 Å². The zero-order valence-electron chi connectivity index (χ0n) is 17.3. The minimum Gasteiger partial charge on any atom is -0.379 e. The predicted octanol–water partition coefficient (Wildman–Crippen LogP) is 4.36. The monoisotopic (exact) mass is 415 g/mol. The quantitative estimate of drug-likeness (QED) is 0.678. The fraction of sp³-hybridized carbons (Fsp3) is 0.435. The summed E-state index contributed by atoms with van der Waals surface area (Å²) in [4.78, 5) is 4.60. The molecule has 29 heavy (non-hydrogen) atoms. The molecule has 0 saturated carbocycles. The molecule has 0 bridgehead atoms. The van der Waals surface area contributed by atoms with E-state index in [1.165, 1.54) is 23.3 Å². The molecule has 1 aliphatic rings. The van der Waals surface area contributed by atoms with Crippen molar-refractivity contribution in [1.82, 2.24) is 9.80 Å². The number of hydrogen-bond acceptors (Lipinski definition) is 3. The van der Waals surface area contributed by atoms with Crippen molar-refractivity contribution in [2.75, 3.05) is 44.7 Å². The molecule has 0 spiro atoms. The van der Waals surface area contributed by atoms with E-state index in [0.29, 0.717) is 11.7 Å². The maximum atomic E-state index is 13.3. The molecule has 1 heterocycles. The van der Waals surface area contributed by atoms with Gasteiger partial charge in [-0.1, -0.05) is 29.8 Å². The van der Waals surface area contributed by atoms with E-state index in [1.807, 2.05) is 12.1 Å². The summed E-state index contributed by atoms with van der Waals surface area (Å²) >= 11 is 5.75. The van der Waals surface area contributed by atoms with Crippen molar-refractivity contribution in [3.63, 3.8) is 0 Å². The van der Waals surface area contributed by atoms with Crippen LogP contribution in [0.25, 0.3) is 0 Å². The molecule has 1 N–H and O–H groups in total. The van der Waals surface area contributed by atoms with Crippen molar-refractivity contribution in [1.29, 1.82) is 0 Å². The number of aryl methyl sites for hydroxylation is 2. The molecule has 6 heteroatoms. The number of anilines is 1. The standard InChI is InChI=1S/C23H30FN3OS/c1-18-4-9-22(19(2)16-18)25-23(29)27(17-20-5-7-21(24)8-6-20)11-3-10-26-12-14-28-15-13-26/h4-9,16H,3,10-15,17H2,1-2H3,(H,25,29). The zero-order valence-corrected chi connectivity index (χ0v) is 18.1. The Morgan fingerprint density at radius 2 is 1.86 bits per heavy atom. The largest absolute Gasteiger partial charge is 0.379 e. The van der Waals surface area contributed by atoms with Crippen molar-refractivity contribution in [3.8, 4) is 0 Å². The summed E-state index contributed by atoms with van der Waals surface area (Å²) < 4.78 is 18.7. The maximum Gasteiger partial charge on any atom is 0.173 e. The second-order valence-corrected chi connectivity index (χ2v) is 7.99. The molecule has 1 saturated heterocycles.